The van der Waals surface area contributed by atoms with Crippen molar-refractivity contribution in [3.63, 3.8) is 0 Å². The third-order valence-electron chi connectivity index (χ3n) is 5.13. The van der Waals surface area contributed by atoms with Crippen molar-refractivity contribution in [3.8, 4) is 17.0 Å². The fourth-order valence-corrected chi connectivity index (χ4v) is 4.74. The first-order chi connectivity index (χ1) is 14.1. The van der Waals surface area contributed by atoms with E-state index in [1.807, 2.05) is 5.38 Å². The molecule has 0 bridgehead atoms. The van der Waals surface area contributed by atoms with E-state index in [1.165, 1.54) is 36.0 Å². The van der Waals surface area contributed by atoms with Crippen LogP contribution in [-0.2, 0) is 0 Å². The van der Waals surface area contributed by atoms with E-state index in [-0.39, 0.29) is 17.6 Å². The molecule has 1 aromatic heterocycles. The molecule has 0 unspecified atom stereocenters. The number of hydrogen-bond acceptors (Lipinski definition) is 3. The lowest BCUT2D eigenvalue weighted by Gasteiger charge is -2.25. The first kappa shape index (κ1) is 19.8. The number of aromatic nitrogens is 1. The number of rotatable bonds is 5. The summed E-state index contributed by atoms with van der Waals surface area (Å²) in [6.45, 7) is -2.85. The maximum atomic E-state index is 14.2. The van der Waals surface area contributed by atoms with Crippen molar-refractivity contribution >= 4 is 17.0 Å². The summed E-state index contributed by atoms with van der Waals surface area (Å²) in [4.78, 5) is 5.34. The van der Waals surface area contributed by atoms with Gasteiger partial charge in [0.2, 0.25) is 0 Å². The van der Waals surface area contributed by atoms with Gasteiger partial charge in [0.25, 0.3) is 0 Å². The Balaban J connectivity index is 1.78. The van der Waals surface area contributed by atoms with Gasteiger partial charge >= 0.3 is 6.61 Å². The number of alkyl halides is 2. The van der Waals surface area contributed by atoms with Gasteiger partial charge in [0.15, 0.2) is 4.80 Å². The Morgan fingerprint density at radius 2 is 1.72 bits per heavy atom. The SMILES string of the molecule is Fc1ccccc1N=c1scc(-c2ccc(OC(F)F)cc2)n1C1CCCCC1. The number of para-hydroxylation sites is 1. The molecule has 1 heterocycles. The van der Waals surface area contributed by atoms with E-state index < -0.39 is 6.61 Å². The molecule has 1 aliphatic rings. The van der Waals surface area contributed by atoms with Crippen LogP contribution in [0.1, 0.15) is 38.1 Å². The molecule has 0 N–H and O–H groups in total. The first-order valence-electron chi connectivity index (χ1n) is 9.66. The molecule has 29 heavy (non-hydrogen) atoms. The molecule has 152 valence electrons. The van der Waals surface area contributed by atoms with Crippen LogP contribution in [0.2, 0.25) is 0 Å². The second-order valence-corrected chi connectivity index (χ2v) is 7.87. The van der Waals surface area contributed by atoms with Crippen molar-refractivity contribution in [2.45, 2.75) is 44.8 Å². The number of halogens is 3. The topological polar surface area (TPSA) is 26.5 Å². The molecule has 0 radical (unpaired) electrons. The highest BCUT2D eigenvalue weighted by Gasteiger charge is 2.20. The normalized spacial score (nSPS) is 15.8. The summed E-state index contributed by atoms with van der Waals surface area (Å²) in [5.41, 5.74) is 2.16. The van der Waals surface area contributed by atoms with Crippen molar-refractivity contribution in [2.24, 2.45) is 4.99 Å². The zero-order chi connectivity index (χ0) is 20.2. The molecular weight excluding hydrogens is 397 g/mol. The second kappa shape index (κ2) is 8.86. The highest BCUT2D eigenvalue weighted by Crippen LogP contribution is 2.33. The third-order valence-corrected chi connectivity index (χ3v) is 5.97. The summed E-state index contributed by atoms with van der Waals surface area (Å²) in [6.07, 6.45) is 5.60. The molecule has 7 heteroatoms. The fraction of sp³-hybridized carbons (Fsp3) is 0.318. The van der Waals surface area contributed by atoms with Crippen LogP contribution in [0, 0.1) is 5.82 Å². The summed E-state index contributed by atoms with van der Waals surface area (Å²) in [5, 5.41) is 2.00. The maximum Gasteiger partial charge on any atom is 0.387 e. The van der Waals surface area contributed by atoms with E-state index >= 15 is 0 Å². The minimum atomic E-state index is -2.85. The zero-order valence-corrected chi connectivity index (χ0v) is 16.5. The van der Waals surface area contributed by atoms with Crippen LogP contribution in [-0.4, -0.2) is 11.2 Å². The minimum absolute atomic E-state index is 0.125. The van der Waals surface area contributed by atoms with Crippen LogP contribution in [0.5, 0.6) is 5.75 Å². The third kappa shape index (κ3) is 4.56. The van der Waals surface area contributed by atoms with E-state index in [9.17, 15) is 13.2 Å². The Labute approximate surface area is 171 Å². The van der Waals surface area contributed by atoms with Crippen molar-refractivity contribution in [2.75, 3.05) is 0 Å². The molecule has 3 nitrogen and oxygen atoms in total. The van der Waals surface area contributed by atoms with Crippen LogP contribution in [0.3, 0.4) is 0 Å². The van der Waals surface area contributed by atoms with Gasteiger partial charge in [0.1, 0.15) is 17.3 Å². The van der Waals surface area contributed by atoms with Gasteiger partial charge in [-0.15, -0.1) is 11.3 Å². The Bertz CT molecular complexity index is 1020. The average Bonchev–Trinajstić information content (AvgIpc) is 3.14. The molecule has 1 aliphatic carbocycles. The number of ether oxygens (including phenoxy) is 1. The molecule has 2 aromatic carbocycles. The Morgan fingerprint density at radius 3 is 2.41 bits per heavy atom. The Hall–Kier alpha value is -2.54. The van der Waals surface area contributed by atoms with Crippen LogP contribution in [0.25, 0.3) is 11.3 Å². The summed E-state index contributed by atoms with van der Waals surface area (Å²) in [5.74, 6) is -0.231. The van der Waals surface area contributed by atoms with Gasteiger partial charge in [0, 0.05) is 11.4 Å². The highest BCUT2D eigenvalue weighted by atomic mass is 32.1. The largest absolute Gasteiger partial charge is 0.435 e. The smallest absolute Gasteiger partial charge is 0.387 e. The standard InChI is InChI=1S/C22H21F3N2OS/c23-18-8-4-5-9-19(18)26-22-27(16-6-2-1-3-7-16)20(14-29-22)15-10-12-17(13-11-15)28-21(24)25/h4-5,8-14,16,21H,1-3,6-7H2. The number of hydrogen-bond donors (Lipinski definition) is 0. The average molecular weight is 418 g/mol. The summed E-state index contributed by atoms with van der Waals surface area (Å²) < 4.78 is 45.6. The van der Waals surface area contributed by atoms with Gasteiger partial charge in [-0.3, -0.25) is 0 Å². The lowest BCUT2D eigenvalue weighted by Crippen LogP contribution is -2.23. The molecule has 0 atom stereocenters. The van der Waals surface area contributed by atoms with Crippen LogP contribution in [0.15, 0.2) is 58.9 Å². The summed E-state index contributed by atoms with van der Waals surface area (Å²) >= 11 is 1.46. The number of nitrogens with zero attached hydrogens (tertiary/aromatic N) is 2. The molecule has 0 spiro atoms. The Morgan fingerprint density at radius 1 is 1.00 bits per heavy atom. The first-order valence-corrected chi connectivity index (χ1v) is 10.5. The summed E-state index contributed by atoms with van der Waals surface area (Å²) in [6, 6.07) is 13.4. The van der Waals surface area contributed by atoms with E-state index in [1.54, 1.807) is 30.3 Å². The van der Waals surface area contributed by atoms with E-state index in [0.29, 0.717) is 5.69 Å². The minimum Gasteiger partial charge on any atom is -0.435 e. The highest BCUT2D eigenvalue weighted by molar-refractivity contribution is 7.07. The second-order valence-electron chi connectivity index (χ2n) is 7.03. The van der Waals surface area contributed by atoms with Gasteiger partial charge in [-0.1, -0.05) is 31.4 Å². The van der Waals surface area contributed by atoms with E-state index in [4.69, 9.17) is 0 Å². The van der Waals surface area contributed by atoms with Gasteiger partial charge < -0.3 is 9.30 Å². The van der Waals surface area contributed by atoms with Crippen LogP contribution >= 0.6 is 11.3 Å². The predicted octanol–water partition coefficient (Wildman–Crippen LogP) is 6.69. The van der Waals surface area contributed by atoms with Gasteiger partial charge in [-0.25, -0.2) is 9.38 Å². The fourth-order valence-electron chi connectivity index (χ4n) is 3.76. The lowest BCUT2D eigenvalue weighted by atomic mass is 9.95. The molecule has 1 fully saturated rings. The quantitative estimate of drug-likeness (QED) is 0.453. The zero-order valence-electron chi connectivity index (χ0n) is 15.7. The van der Waals surface area contributed by atoms with Gasteiger partial charge in [0.05, 0.1) is 5.69 Å². The van der Waals surface area contributed by atoms with Crippen LogP contribution in [0.4, 0.5) is 18.9 Å². The molecule has 0 saturated heterocycles. The molecule has 4 rings (SSSR count). The molecule has 0 aliphatic heterocycles. The van der Waals surface area contributed by atoms with Gasteiger partial charge in [-0.05, 0) is 54.8 Å². The molecule has 1 saturated carbocycles. The monoisotopic (exact) mass is 418 g/mol. The van der Waals surface area contributed by atoms with E-state index in [2.05, 4.69) is 14.3 Å². The number of thiazole rings is 1. The van der Waals surface area contributed by atoms with E-state index in [0.717, 1.165) is 41.7 Å². The van der Waals surface area contributed by atoms with Crippen molar-refractivity contribution in [1.82, 2.24) is 4.57 Å². The Kier molecular flexibility index (Phi) is 6.04. The van der Waals surface area contributed by atoms with Crippen LogP contribution < -0.4 is 9.54 Å². The molecular formula is C22H21F3N2OS. The van der Waals surface area contributed by atoms with Gasteiger partial charge in [-0.2, -0.15) is 8.78 Å². The molecule has 3 aromatic rings. The lowest BCUT2D eigenvalue weighted by molar-refractivity contribution is -0.0498. The van der Waals surface area contributed by atoms with Crippen molar-refractivity contribution < 1.29 is 17.9 Å². The summed E-state index contributed by atoms with van der Waals surface area (Å²) in [7, 11) is 0. The molecule has 0 amide bonds. The maximum absolute atomic E-state index is 14.2. The number of benzene rings is 2. The van der Waals surface area contributed by atoms with Crippen molar-refractivity contribution in [1.29, 1.82) is 0 Å². The predicted molar refractivity (Wildman–Crippen MR) is 108 cm³/mol. The van der Waals surface area contributed by atoms with Crippen molar-refractivity contribution in [3.05, 3.63) is 64.5 Å².